The second-order valence-corrected chi connectivity index (χ2v) is 22.9. The highest BCUT2D eigenvalue weighted by Gasteiger charge is 2.39. The molecule has 0 aromatic heterocycles. The number of ether oxygens (including phenoxy) is 4. The van der Waals surface area contributed by atoms with E-state index < -0.39 is 0 Å². The highest BCUT2D eigenvalue weighted by atomic mass is 31.1. The van der Waals surface area contributed by atoms with Gasteiger partial charge in [-0.1, -0.05) is 192 Å². The Bertz CT molecular complexity index is 1390. The van der Waals surface area contributed by atoms with Crippen LogP contribution >= 0.6 is 8.58 Å². The molecule has 5 heteroatoms. The van der Waals surface area contributed by atoms with Crippen LogP contribution in [-0.4, -0.2) is 33.0 Å². The van der Waals surface area contributed by atoms with E-state index in [0.29, 0.717) is 23.4 Å². The monoisotopic (exact) mass is 881 g/mol. The van der Waals surface area contributed by atoms with Gasteiger partial charge in [0.15, 0.2) is 6.29 Å². The highest BCUT2D eigenvalue weighted by molar-refractivity contribution is 7.37. The Balaban J connectivity index is 0.000000419. The molecule has 2 aromatic carbocycles. The third-order valence-electron chi connectivity index (χ3n) is 14.3. The molecule has 2 aromatic rings. The Morgan fingerprint density at radius 1 is 0.661 bits per heavy atom. The maximum atomic E-state index is 6.49. The van der Waals surface area contributed by atoms with Crippen molar-refractivity contribution in [3.05, 3.63) is 59.7 Å². The Hall–Kier alpha value is -1.61. The van der Waals surface area contributed by atoms with Gasteiger partial charge >= 0.3 is 0 Å². The lowest BCUT2D eigenvalue weighted by atomic mass is 9.72. The van der Waals surface area contributed by atoms with Gasteiger partial charge in [-0.25, -0.2) is 0 Å². The van der Waals surface area contributed by atoms with Crippen LogP contribution in [0.5, 0.6) is 11.5 Å². The molecular formula is C57H101O4P. The second-order valence-electron chi connectivity index (χ2n) is 21.7. The standard InChI is InChI=1S/C31H52O2.C24H43O2P.C2H6/c1-24(2)22-29(31(3,4)5)27-16-18-28(19-17-27)33-30(23-26-14-10-7-11-15-26)32-21-20-25-12-8-6-9-13-25;1-10-18(4)17-24(11-2,12-3)22(25-8)26-20-15-13-19(14-16-20)21(27-9)23(5,6)7;1-2/h16-19,24-26,29-30H,6-15,20-23H2,1-5H3;13-16,18,21-22,27H,10-12,17H2,1-9H3;1-2H3. The Labute approximate surface area is 387 Å². The zero-order chi connectivity index (χ0) is 46.3. The summed E-state index contributed by atoms with van der Waals surface area (Å²) in [5.41, 5.74) is 4.02. The van der Waals surface area contributed by atoms with E-state index in [4.69, 9.17) is 18.9 Å². The van der Waals surface area contributed by atoms with Crippen LogP contribution in [0.3, 0.4) is 0 Å². The smallest absolute Gasteiger partial charge is 0.205 e. The summed E-state index contributed by atoms with van der Waals surface area (Å²) in [5.74, 6) is 5.44. The maximum absolute atomic E-state index is 6.49. The van der Waals surface area contributed by atoms with Gasteiger partial charge in [-0.2, -0.15) is 0 Å². The van der Waals surface area contributed by atoms with E-state index in [9.17, 15) is 0 Å². The first kappa shape index (κ1) is 56.5. The van der Waals surface area contributed by atoms with Crippen molar-refractivity contribution >= 4 is 8.58 Å². The molecule has 0 spiro atoms. The minimum Gasteiger partial charge on any atom is -0.465 e. The molecule has 0 heterocycles. The molecule has 2 fully saturated rings. The van der Waals surface area contributed by atoms with E-state index in [1.807, 2.05) is 13.8 Å². The summed E-state index contributed by atoms with van der Waals surface area (Å²) < 4.78 is 25.2. The van der Waals surface area contributed by atoms with Gasteiger partial charge in [-0.15, -0.1) is 8.58 Å². The zero-order valence-corrected chi connectivity index (χ0v) is 44.6. The maximum Gasteiger partial charge on any atom is 0.205 e. The van der Waals surface area contributed by atoms with Gasteiger partial charge in [-0.05, 0) is 115 Å². The molecule has 358 valence electrons. The first-order valence-corrected chi connectivity index (χ1v) is 27.4. The third-order valence-corrected chi connectivity index (χ3v) is 16.1. The molecule has 0 aliphatic heterocycles. The zero-order valence-electron chi connectivity index (χ0n) is 43.6. The van der Waals surface area contributed by atoms with E-state index in [-0.39, 0.29) is 28.8 Å². The molecule has 0 N–H and O–H groups in total. The normalized spacial score (nSPS) is 18.3. The van der Waals surface area contributed by atoms with Crippen LogP contribution < -0.4 is 9.47 Å². The van der Waals surface area contributed by atoms with E-state index >= 15 is 0 Å². The molecule has 0 radical (unpaired) electrons. The van der Waals surface area contributed by atoms with Crippen molar-refractivity contribution in [3.63, 3.8) is 0 Å². The number of rotatable bonds is 22. The summed E-state index contributed by atoms with van der Waals surface area (Å²) in [7, 11) is 2.67. The Kier molecular flexibility index (Phi) is 26.5. The third kappa shape index (κ3) is 19.5. The summed E-state index contributed by atoms with van der Waals surface area (Å²) in [6.45, 7) is 35.0. The average Bonchev–Trinajstić information content (AvgIpc) is 3.25. The SMILES string of the molecule is CC.CC(C)CC(c1ccc(OC(CC2CCCCC2)OCCC2CCCCC2)cc1)C(C)(C)C.CCC(C)CC(CC)(CC)C(OC)Oc1ccc(C(PC)C(C)(C)C)cc1. The topological polar surface area (TPSA) is 36.9 Å². The lowest BCUT2D eigenvalue weighted by Crippen LogP contribution is -2.41. The molecule has 2 aliphatic rings. The molecule has 4 nitrogen and oxygen atoms in total. The van der Waals surface area contributed by atoms with Crippen molar-refractivity contribution in [1.82, 2.24) is 0 Å². The lowest BCUT2D eigenvalue weighted by molar-refractivity contribution is -0.150. The van der Waals surface area contributed by atoms with Crippen molar-refractivity contribution in [1.29, 1.82) is 0 Å². The van der Waals surface area contributed by atoms with Crippen molar-refractivity contribution in [2.75, 3.05) is 20.4 Å². The van der Waals surface area contributed by atoms with Crippen LogP contribution in [0.15, 0.2) is 48.5 Å². The number of benzene rings is 2. The van der Waals surface area contributed by atoms with Gasteiger partial charge < -0.3 is 18.9 Å². The predicted molar refractivity (Wildman–Crippen MR) is 274 cm³/mol. The summed E-state index contributed by atoms with van der Waals surface area (Å²) in [6.07, 6.45) is 21.5. The van der Waals surface area contributed by atoms with Crippen LogP contribution in [0.2, 0.25) is 0 Å². The minimum atomic E-state index is -0.209. The van der Waals surface area contributed by atoms with Crippen LogP contribution in [-0.2, 0) is 9.47 Å². The Morgan fingerprint density at radius 2 is 1.16 bits per heavy atom. The van der Waals surface area contributed by atoms with E-state index in [1.165, 1.54) is 94.6 Å². The number of hydrogen-bond donors (Lipinski definition) is 0. The number of hydrogen-bond acceptors (Lipinski definition) is 4. The fraction of sp³-hybridized carbons (Fsp3) is 0.789. The summed E-state index contributed by atoms with van der Waals surface area (Å²) in [4.78, 5) is 0. The number of methoxy groups -OCH3 is 1. The largest absolute Gasteiger partial charge is 0.465 e. The molecule has 62 heavy (non-hydrogen) atoms. The van der Waals surface area contributed by atoms with Gasteiger partial charge in [0.1, 0.15) is 11.5 Å². The van der Waals surface area contributed by atoms with E-state index in [2.05, 4.69) is 138 Å². The van der Waals surface area contributed by atoms with Crippen molar-refractivity contribution in [2.24, 2.45) is 39.9 Å². The van der Waals surface area contributed by atoms with E-state index in [0.717, 1.165) is 64.2 Å². The van der Waals surface area contributed by atoms with Gasteiger partial charge in [0.25, 0.3) is 0 Å². The molecule has 0 bridgehead atoms. The molecule has 2 aliphatic carbocycles. The predicted octanol–water partition coefficient (Wildman–Crippen LogP) is 18.2. The van der Waals surface area contributed by atoms with Crippen LogP contribution in [0.1, 0.15) is 229 Å². The quantitative estimate of drug-likeness (QED) is 0.0872. The van der Waals surface area contributed by atoms with Gasteiger partial charge in [0, 0.05) is 24.6 Å². The van der Waals surface area contributed by atoms with Gasteiger partial charge in [-0.3, -0.25) is 0 Å². The molecule has 0 saturated heterocycles. The first-order chi connectivity index (χ1) is 29.5. The van der Waals surface area contributed by atoms with E-state index in [1.54, 1.807) is 7.11 Å². The minimum absolute atomic E-state index is 0.0571. The summed E-state index contributed by atoms with van der Waals surface area (Å²) in [5, 5.41) is 0. The lowest BCUT2D eigenvalue weighted by Gasteiger charge is -2.40. The molecule has 6 unspecified atom stereocenters. The fourth-order valence-electron chi connectivity index (χ4n) is 10.3. The van der Waals surface area contributed by atoms with Crippen LogP contribution in [0.4, 0.5) is 0 Å². The van der Waals surface area contributed by atoms with Crippen LogP contribution in [0.25, 0.3) is 0 Å². The van der Waals surface area contributed by atoms with Crippen molar-refractivity contribution < 1.29 is 18.9 Å². The molecule has 0 amide bonds. The molecule has 2 saturated carbocycles. The van der Waals surface area contributed by atoms with Crippen molar-refractivity contribution in [2.45, 2.75) is 230 Å². The second kappa shape index (κ2) is 29.1. The fourth-order valence-corrected chi connectivity index (χ4v) is 11.7. The highest BCUT2D eigenvalue weighted by Crippen LogP contribution is 2.47. The summed E-state index contributed by atoms with van der Waals surface area (Å²) in [6, 6.07) is 17.7. The van der Waals surface area contributed by atoms with Crippen LogP contribution in [0, 0.1) is 39.9 Å². The van der Waals surface area contributed by atoms with Gasteiger partial charge in [0.05, 0.1) is 6.61 Å². The summed E-state index contributed by atoms with van der Waals surface area (Å²) >= 11 is 0. The molecule has 4 rings (SSSR count). The van der Waals surface area contributed by atoms with Crippen molar-refractivity contribution in [3.8, 4) is 11.5 Å². The molecular weight excluding hydrogens is 780 g/mol. The first-order valence-electron chi connectivity index (χ1n) is 25.8. The van der Waals surface area contributed by atoms with Gasteiger partial charge in [0.2, 0.25) is 6.29 Å². The Morgan fingerprint density at radius 3 is 1.60 bits per heavy atom. The average molecular weight is 881 g/mol. The molecule has 6 atom stereocenters.